The Morgan fingerprint density at radius 2 is 1.90 bits per heavy atom. The lowest BCUT2D eigenvalue weighted by atomic mass is 10.0. The lowest BCUT2D eigenvalue weighted by Crippen LogP contribution is -2.45. The van der Waals surface area contributed by atoms with Crippen molar-refractivity contribution in [2.75, 3.05) is 19.6 Å². The number of carbonyl (C=O) groups excluding carboxylic acids is 1. The maximum absolute atomic E-state index is 12.4. The zero-order valence-electron chi connectivity index (χ0n) is 11.6. The van der Waals surface area contributed by atoms with Gasteiger partial charge in [0.1, 0.15) is 0 Å². The summed E-state index contributed by atoms with van der Waals surface area (Å²) in [5, 5.41) is 4.18. The van der Waals surface area contributed by atoms with Gasteiger partial charge in [0, 0.05) is 19.1 Å². The SMILES string of the molecule is O=C(c1ccccc1Cl)N1CCC(NCC2CC2)CC1. The number of rotatable bonds is 4. The number of likely N-dealkylation sites (tertiary alicyclic amines) is 1. The van der Waals surface area contributed by atoms with Gasteiger partial charge in [-0.1, -0.05) is 23.7 Å². The third-order valence-electron chi connectivity index (χ3n) is 4.28. The lowest BCUT2D eigenvalue weighted by molar-refractivity contribution is 0.0705. The largest absolute Gasteiger partial charge is 0.338 e. The Kier molecular flexibility index (Phi) is 4.27. The number of piperidine rings is 1. The Balaban J connectivity index is 1.52. The highest BCUT2D eigenvalue weighted by Crippen LogP contribution is 2.28. The minimum atomic E-state index is 0.0660. The van der Waals surface area contributed by atoms with E-state index in [2.05, 4.69) is 5.32 Å². The standard InChI is InChI=1S/C16H21ClN2O/c17-15-4-2-1-3-14(15)16(20)19-9-7-13(8-10-19)18-11-12-5-6-12/h1-4,12-13,18H,5-11H2. The Morgan fingerprint density at radius 3 is 2.55 bits per heavy atom. The number of nitrogens with zero attached hydrogens (tertiary/aromatic N) is 1. The maximum atomic E-state index is 12.4. The van der Waals surface area contributed by atoms with Crippen molar-refractivity contribution in [3.63, 3.8) is 0 Å². The van der Waals surface area contributed by atoms with Gasteiger partial charge in [0.25, 0.3) is 5.91 Å². The molecule has 20 heavy (non-hydrogen) atoms. The number of benzene rings is 1. The van der Waals surface area contributed by atoms with Crippen LogP contribution in [0.3, 0.4) is 0 Å². The van der Waals surface area contributed by atoms with Gasteiger partial charge in [-0.25, -0.2) is 0 Å². The average Bonchev–Trinajstić information content (AvgIpc) is 3.30. The van der Waals surface area contributed by atoms with Crippen LogP contribution in [0.5, 0.6) is 0 Å². The molecule has 1 saturated heterocycles. The predicted molar refractivity (Wildman–Crippen MR) is 81.1 cm³/mol. The molecule has 1 amide bonds. The summed E-state index contributed by atoms with van der Waals surface area (Å²) in [5.41, 5.74) is 0.624. The molecule has 0 bridgehead atoms. The van der Waals surface area contributed by atoms with Crippen LogP contribution in [0, 0.1) is 5.92 Å². The fraction of sp³-hybridized carbons (Fsp3) is 0.562. The van der Waals surface area contributed by atoms with E-state index in [0.29, 0.717) is 16.6 Å². The molecule has 1 aromatic rings. The first-order chi connectivity index (χ1) is 9.74. The molecule has 3 rings (SSSR count). The average molecular weight is 293 g/mol. The molecule has 4 heteroatoms. The van der Waals surface area contributed by atoms with Gasteiger partial charge in [-0.05, 0) is 50.3 Å². The van der Waals surface area contributed by atoms with Gasteiger partial charge in [-0.3, -0.25) is 4.79 Å². The van der Waals surface area contributed by atoms with E-state index in [1.165, 1.54) is 12.8 Å². The van der Waals surface area contributed by atoms with E-state index >= 15 is 0 Å². The smallest absolute Gasteiger partial charge is 0.255 e. The lowest BCUT2D eigenvalue weighted by Gasteiger charge is -2.32. The molecule has 1 aliphatic carbocycles. The third kappa shape index (κ3) is 3.33. The van der Waals surface area contributed by atoms with Crippen LogP contribution < -0.4 is 5.32 Å². The number of amides is 1. The second kappa shape index (κ2) is 6.15. The number of halogens is 1. The molecular formula is C16H21ClN2O. The zero-order chi connectivity index (χ0) is 13.9. The van der Waals surface area contributed by atoms with Gasteiger partial charge < -0.3 is 10.2 Å². The zero-order valence-corrected chi connectivity index (χ0v) is 12.4. The highest BCUT2D eigenvalue weighted by Gasteiger charge is 2.26. The number of hydrogen-bond acceptors (Lipinski definition) is 2. The van der Waals surface area contributed by atoms with Crippen molar-refractivity contribution in [2.24, 2.45) is 5.92 Å². The first-order valence-electron chi connectivity index (χ1n) is 7.51. The van der Waals surface area contributed by atoms with Crippen molar-refractivity contribution in [3.8, 4) is 0 Å². The van der Waals surface area contributed by atoms with Crippen molar-refractivity contribution >= 4 is 17.5 Å². The Morgan fingerprint density at radius 1 is 1.20 bits per heavy atom. The first kappa shape index (κ1) is 13.9. The van der Waals surface area contributed by atoms with Crippen molar-refractivity contribution in [1.82, 2.24) is 10.2 Å². The highest BCUT2D eigenvalue weighted by atomic mass is 35.5. The van der Waals surface area contributed by atoms with Gasteiger partial charge in [0.2, 0.25) is 0 Å². The summed E-state index contributed by atoms with van der Waals surface area (Å²) in [6, 6.07) is 7.88. The minimum absolute atomic E-state index is 0.0660. The van der Waals surface area contributed by atoms with Crippen molar-refractivity contribution in [1.29, 1.82) is 0 Å². The maximum Gasteiger partial charge on any atom is 0.255 e. The molecule has 0 radical (unpaired) electrons. The number of hydrogen-bond donors (Lipinski definition) is 1. The minimum Gasteiger partial charge on any atom is -0.338 e. The highest BCUT2D eigenvalue weighted by molar-refractivity contribution is 6.33. The van der Waals surface area contributed by atoms with E-state index < -0.39 is 0 Å². The molecule has 2 fully saturated rings. The molecular weight excluding hydrogens is 272 g/mol. The Hall–Kier alpha value is -1.06. The molecule has 0 spiro atoms. The van der Waals surface area contributed by atoms with Gasteiger partial charge in [0.05, 0.1) is 10.6 Å². The van der Waals surface area contributed by atoms with Gasteiger partial charge in [-0.15, -0.1) is 0 Å². The van der Waals surface area contributed by atoms with Crippen molar-refractivity contribution < 1.29 is 4.79 Å². The molecule has 2 aliphatic rings. The molecule has 3 nitrogen and oxygen atoms in total. The van der Waals surface area contributed by atoms with E-state index in [-0.39, 0.29) is 5.91 Å². The molecule has 1 saturated carbocycles. The van der Waals surface area contributed by atoms with Crippen molar-refractivity contribution in [2.45, 2.75) is 31.7 Å². The van der Waals surface area contributed by atoms with Crippen LogP contribution in [0.2, 0.25) is 5.02 Å². The van der Waals surface area contributed by atoms with Crippen LogP contribution >= 0.6 is 11.6 Å². The summed E-state index contributed by atoms with van der Waals surface area (Å²) in [4.78, 5) is 14.4. The fourth-order valence-electron chi connectivity index (χ4n) is 2.75. The van der Waals surface area contributed by atoms with Crippen LogP contribution in [0.4, 0.5) is 0 Å². The molecule has 1 N–H and O–H groups in total. The summed E-state index contributed by atoms with van der Waals surface area (Å²) >= 11 is 6.10. The Labute approximate surface area is 125 Å². The predicted octanol–water partition coefficient (Wildman–Crippen LogP) is 2.94. The summed E-state index contributed by atoms with van der Waals surface area (Å²) in [6.45, 7) is 2.81. The van der Waals surface area contributed by atoms with Crippen LogP contribution in [-0.4, -0.2) is 36.5 Å². The van der Waals surface area contributed by atoms with Crippen LogP contribution in [0.15, 0.2) is 24.3 Å². The van der Waals surface area contributed by atoms with E-state index in [1.807, 2.05) is 23.1 Å². The summed E-state index contributed by atoms with van der Waals surface area (Å²) in [6.07, 6.45) is 4.86. The fourth-order valence-corrected chi connectivity index (χ4v) is 2.96. The molecule has 1 heterocycles. The second-order valence-electron chi connectivity index (χ2n) is 5.90. The summed E-state index contributed by atoms with van der Waals surface area (Å²) in [5.74, 6) is 0.981. The summed E-state index contributed by atoms with van der Waals surface area (Å²) in [7, 11) is 0. The molecule has 0 aromatic heterocycles. The third-order valence-corrected chi connectivity index (χ3v) is 4.61. The quantitative estimate of drug-likeness (QED) is 0.925. The van der Waals surface area contributed by atoms with E-state index in [0.717, 1.165) is 38.4 Å². The number of carbonyl (C=O) groups is 1. The van der Waals surface area contributed by atoms with Crippen LogP contribution in [0.1, 0.15) is 36.0 Å². The molecule has 0 unspecified atom stereocenters. The van der Waals surface area contributed by atoms with E-state index in [4.69, 9.17) is 11.6 Å². The van der Waals surface area contributed by atoms with Crippen molar-refractivity contribution in [3.05, 3.63) is 34.9 Å². The summed E-state index contributed by atoms with van der Waals surface area (Å²) < 4.78 is 0. The van der Waals surface area contributed by atoms with Gasteiger partial charge in [0.15, 0.2) is 0 Å². The molecule has 0 atom stereocenters. The molecule has 108 valence electrons. The number of nitrogens with one attached hydrogen (secondary N) is 1. The molecule has 1 aromatic carbocycles. The topological polar surface area (TPSA) is 32.3 Å². The normalized spacial score (nSPS) is 20.1. The van der Waals surface area contributed by atoms with E-state index in [9.17, 15) is 4.79 Å². The van der Waals surface area contributed by atoms with E-state index in [1.54, 1.807) is 6.07 Å². The van der Waals surface area contributed by atoms with Crippen LogP contribution in [-0.2, 0) is 0 Å². The molecule has 1 aliphatic heterocycles. The first-order valence-corrected chi connectivity index (χ1v) is 7.89. The monoisotopic (exact) mass is 292 g/mol. The Bertz CT molecular complexity index is 479. The second-order valence-corrected chi connectivity index (χ2v) is 6.31. The van der Waals surface area contributed by atoms with Gasteiger partial charge >= 0.3 is 0 Å². The van der Waals surface area contributed by atoms with Crippen LogP contribution in [0.25, 0.3) is 0 Å². The van der Waals surface area contributed by atoms with Gasteiger partial charge in [-0.2, -0.15) is 0 Å².